The fourth-order valence-corrected chi connectivity index (χ4v) is 4.14. The fourth-order valence-electron chi connectivity index (χ4n) is 3.20. The van der Waals surface area contributed by atoms with Gasteiger partial charge in [-0.1, -0.05) is 0 Å². The highest BCUT2D eigenvalue weighted by Gasteiger charge is 2.31. The Hall–Kier alpha value is -3.92. The first-order valence-corrected chi connectivity index (χ1v) is 9.38. The van der Waals surface area contributed by atoms with Crippen molar-refractivity contribution in [3.8, 4) is 11.8 Å². The average molecular weight is 404 g/mol. The molecule has 0 fully saturated rings. The Labute approximate surface area is 168 Å². The summed E-state index contributed by atoms with van der Waals surface area (Å²) in [5, 5.41) is 11.2. The van der Waals surface area contributed by atoms with E-state index < -0.39 is 0 Å². The van der Waals surface area contributed by atoms with Gasteiger partial charge in [-0.2, -0.15) is 5.10 Å². The van der Waals surface area contributed by atoms with Crippen LogP contribution in [-0.2, 0) is 0 Å². The van der Waals surface area contributed by atoms with Crippen LogP contribution in [-0.4, -0.2) is 32.5 Å². The number of hydrogen-bond acceptors (Lipinski definition) is 8. The monoisotopic (exact) mass is 404 g/mol. The number of aromatic nitrogens is 4. The predicted molar refractivity (Wildman–Crippen MR) is 107 cm³/mol. The van der Waals surface area contributed by atoms with Crippen LogP contribution in [0.5, 0.6) is 11.8 Å². The number of anilines is 3. The molecule has 0 spiro atoms. The second-order valence-corrected chi connectivity index (χ2v) is 7.18. The van der Waals surface area contributed by atoms with E-state index in [4.69, 9.17) is 4.74 Å². The van der Waals surface area contributed by atoms with Crippen molar-refractivity contribution in [1.82, 2.24) is 20.2 Å². The summed E-state index contributed by atoms with van der Waals surface area (Å²) in [4.78, 5) is 35.7. The molecule has 0 saturated heterocycles. The second-order valence-electron chi connectivity index (χ2n) is 6.15. The number of thiophene rings is 1. The molecule has 0 saturated carbocycles. The number of rotatable bonds is 4. The van der Waals surface area contributed by atoms with Gasteiger partial charge in [-0.3, -0.25) is 9.69 Å². The van der Waals surface area contributed by atoms with E-state index in [1.54, 1.807) is 49.6 Å². The van der Waals surface area contributed by atoms with Crippen molar-refractivity contribution in [2.75, 3.05) is 10.2 Å². The number of amides is 2. The maximum absolute atomic E-state index is 12.9. The summed E-state index contributed by atoms with van der Waals surface area (Å²) in [6.45, 7) is 1.78. The number of pyridine rings is 2. The molecule has 5 heterocycles. The summed E-state index contributed by atoms with van der Waals surface area (Å²) in [5.74, 6) is 0.659. The topological polar surface area (TPSA) is 110 Å². The van der Waals surface area contributed by atoms with Crippen molar-refractivity contribution in [1.29, 1.82) is 0 Å². The van der Waals surface area contributed by atoms with Gasteiger partial charge >= 0.3 is 6.03 Å². The van der Waals surface area contributed by atoms with Crippen molar-refractivity contribution in [3.05, 3.63) is 53.3 Å². The van der Waals surface area contributed by atoms with Crippen LogP contribution in [0, 0.1) is 6.92 Å². The van der Waals surface area contributed by atoms with Crippen LogP contribution < -0.4 is 15.0 Å². The number of carbonyl (C=O) groups is 2. The van der Waals surface area contributed by atoms with E-state index >= 15 is 0 Å². The van der Waals surface area contributed by atoms with Crippen LogP contribution in [0.2, 0.25) is 0 Å². The maximum atomic E-state index is 12.9. The minimum Gasteiger partial charge on any atom is -0.419 e. The largest absolute Gasteiger partial charge is 0.419 e. The van der Waals surface area contributed by atoms with Crippen LogP contribution in [0.4, 0.5) is 21.9 Å². The number of ether oxygens (including phenoxy) is 1. The Balaban J connectivity index is 1.58. The van der Waals surface area contributed by atoms with E-state index in [1.807, 2.05) is 0 Å². The van der Waals surface area contributed by atoms with Gasteiger partial charge in [-0.25, -0.2) is 14.8 Å². The molecule has 0 aliphatic carbocycles. The number of aryl methyl sites for hydroxylation is 1. The Morgan fingerprint density at radius 3 is 2.79 bits per heavy atom. The number of hydrogen-bond donors (Lipinski definition) is 1. The van der Waals surface area contributed by atoms with Gasteiger partial charge in [0.05, 0.1) is 33.0 Å². The number of nitrogens with one attached hydrogen (secondary N) is 1. The van der Waals surface area contributed by atoms with Crippen molar-refractivity contribution in [3.63, 3.8) is 0 Å². The van der Waals surface area contributed by atoms with Gasteiger partial charge in [0.25, 0.3) is 0 Å². The average Bonchev–Trinajstić information content (AvgIpc) is 3.09. The lowest BCUT2D eigenvalue weighted by molar-refractivity contribution is 0.112. The maximum Gasteiger partial charge on any atom is 0.331 e. The van der Waals surface area contributed by atoms with Gasteiger partial charge in [0.1, 0.15) is 4.83 Å². The number of nitrogens with zero attached hydrogens (tertiary/aromatic N) is 5. The third-order valence-electron chi connectivity index (χ3n) is 4.41. The summed E-state index contributed by atoms with van der Waals surface area (Å²) in [6.07, 6.45) is 3.90. The molecule has 0 aromatic carbocycles. The molecule has 1 aliphatic heterocycles. The molecule has 2 amide bonds. The molecule has 4 aromatic heterocycles. The van der Waals surface area contributed by atoms with E-state index in [1.165, 1.54) is 16.2 Å². The molecular formula is C19H12N6O3S. The van der Waals surface area contributed by atoms with Gasteiger partial charge in [-0.15, -0.1) is 16.4 Å². The lowest BCUT2D eigenvalue weighted by Crippen LogP contribution is -2.34. The molecule has 0 unspecified atom stereocenters. The first-order valence-electron chi connectivity index (χ1n) is 8.56. The quantitative estimate of drug-likeness (QED) is 0.510. The molecule has 0 radical (unpaired) electrons. The summed E-state index contributed by atoms with van der Waals surface area (Å²) < 4.78 is 5.61. The first kappa shape index (κ1) is 17.2. The van der Waals surface area contributed by atoms with Crippen LogP contribution in [0.1, 0.15) is 15.4 Å². The number of aldehydes is 1. The summed E-state index contributed by atoms with van der Waals surface area (Å²) >= 11 is 1.24. The van der Waals surface area contributed by atoms with Gasteiger partial charge in [-0.05, 0) is 25.1 Å². The number of carbonyl (C=O) groups excluding carboxylic acids is 2. The van der Waals surface area contributed by atoms with Crippen molar-refractivity contribution in [2.45, 2.75) is 6.92 Å². The highest BCUT2D eigenvalue weighted by Crippen LogP contribution is 2.45. The van der Waals surface area contributed by atoms with Gasteiger partial charge < -0.3 is 10.1 Å². The highest BCUT2D eigenvalue weighted by atomic mass is 32.1. The zero-order valence-corrected chi connectivity index (χ0v) is 15.8. The summed E-state index contributed by atoms with van der Waals surface area (Å²) in [6, 6.07) is 8.16. The third-order valence-corrected chi connectivity index (χ3v) is 5.43. The van der Waals surface area contributed by atoms with Gasteiger partial charge in [0.2, 0.25) is 11.8 Å². The van der Waals surface area contributed by atoms with Crippen LogP contribution in [0.15, 0.2) is 42.7 Å². The summed E-state index contributed by atoms with van der Waals surface area (Å²) in [7, 11) is 0. The van der Waals surface area contributed by atoms with Crippen LogP contribution in [0.25, 0.3) is 10.2 Å². The van der Waals surface area contributed by atoms with E-state index in [0.717, 1.165) is 11.7 Å². The van der Waals surface area contributed by atoms with Gasteiger partial charge in [0.15, 0.2) is 6.29 Å². The lowest BCUT2D eigenvalue weighted by atomic mass is 10.1. The van der Waals surface area contributed by atoms with E-state index in [2.05, 4.69) is 25.5 Å². The minimum absolute atomic E-state index is 0.322. The second kappa shape index (κ2) is 6.60. The van der Waals surface area contributed by atoms with Crippen LogP contribution >= 0.6 is 11.3 Å². The Morgan fingerprint density at radius 2 is 2.03 bits per heavy atom. The molecule has 4 aromatic rings. The van der Waals surface area contributed by atoms with Crippen molar-refractivity contribution < 1.29 is 14.3 Å². The van der Waals surface area contributed by atoms with Crippen LogP contribution in [0.3, 0.4) is 0 Å². The molecule has 142 valence electrons. The Bertz CT molecular complexity index is 1270. The summed E-state index contributed by atoms with van der Waals surface area (Å²) in [5.41, 5.74) is 2.31. The molecule has 5 rings (SSSR count). The molecule has 10 heteroatoms. The Kier molecular flexibility index (Phi) is 3.91. The molecular weight excluding hydrogens is 392 g/mol. The fraction of sp³-hybridized carbons (Fsp3) is 0.0526. The minimum atomic E-state index is -0.376. The Morgan fingerprint density at radius 1 is 1.14 bits per heavy atom. The van der Waals surface area contributed by atoms with E-state index in [9.17, 15) is 9.59 Å². The molecule has 29 heavy (non-hydrogen) atoms. The predicted octanol–water partition coefficient (Wildman–Crippen LogP) is 4.08. The molecule has 0 bridgehead atoms. The van der Waals surface area contributed by atoms with Gasteiger partial charge in [0, 0.05) is 24.5 Å². The zero-order chi connectivity index (χ0) is 20.0. The SMILES string of the molecule is Cc1nc(Oc2cccnn2)ccc1N1C(=O)Nc2c(C=O)sc3nccc1c23. The van der Waals surface area contributed by atoms with Crippen molar-refractivity contribution in [2.24, 2.45) is 0 Å². The smallest absolute Gasteiger partial charge is 0.331 e. The molecule has 0 atom stereocenters. The first-order chi connectivity index (χ1) is 14.2. The molecule has 1 aliphatic rings. The molecule has 1 N–H and O–H groups in total. The standard InChI is InChI=1S/C19H12N6O3S/c1-10-11(4-5-14(22-10)28-15-3-2-7-21-24-15)25-12-6-8-20-18-16(12)17(23-19(25)27)13(9-26)29-18/h2-9H,1H3,(H,23,27). The van der Waals surface area contributed by atoms with E-state index in [-0.39, 0.29) is 6.03 Å². The van der Waals surface area contributed by atoms with Crippen molar-refractivity contribution >= 4 is 50.9 Å². The highest BCUT2D eigenvalue weighted by molar-refractivity contribution is 7.21. The zero-order valence-electron chi connectivity index (χ0n) is 15.0. The molecule has 9 nitrogen and oxygen atoms in total. The lowest BCUT2D eigenvalue weighted by Gasteiger charge is -2.29. The normalized spacial score (nSPS) is 12.7. The van der Waals surface area contributed by atoms with E-state index in [0.29, 0.717) is 44.2 Å². The third kappa shape index (κ3) is 2.77. The number of urea groups is 1.